The van der Waals surface area contributed by atoms with Gasteiger partial charge in [0.05, 0.1) is 19.3 Å². The molecule has 0 unspecified atom stereocenters. The molecule has 36 heavy (non-hydrogen) atoms. The Morgan fingerprint density at radius 2 is 1.81 bits per heavy atom. The van der Waals surface area contributed by atoms with E-state index in [0.29, 0.717) is 13.1 Å². The second kappa shape index (κ2) is 9.62. The fourth-order valence-electron chi connectivity index (χ4n) is 6.12. The molecule has 2 aliphatic heterocycles. The molecule has 1 N–H and O–H groups in total. The molecule has 0 saturated carbocycles. The number of H-pyrrole nitrogens is 1. The van der Waals surface area contributed by atoms with Crippen molar-refractivity contribution in [2.45, 2.75) is 38.6 Å². The van der Waals surface area contributed by atoms with Gasteiger partial charge in [-0.2, -0.15) is 0 Å². The van der Waals surface area contributed by atoms with Gasteiger partial charge in [-0.05, 0) is 50.7 Å². The Morgan fingerprint density at radius 3 is 2.56 bits per heavy atom. The normalized spacial score (nSPS) is 21.8. The first-order valence-corrected chi connectivity index (χ1v) is 13.0. The van der Waals surface area contributed by atoms with E-state index in [2.05, 4.69) is 35.9 Å². The van der Waals surface area contributed by atoms with Gasteiger partial charge in [-0.15, -0.1) is 0 Å². The van der Waals surface area contributed by atoms with E-state index in [0.717, 1.165) is 59.5 Å². The molecule has 3 aromatic rings. The number of carbonyl (C=O) groups excluding carboxylic acids is 2. The standard InChI is InChI=1S/C29H36N4O3/c1-5-31(6-2)16-11-17-32-19-25(34)33-18-22(20-12-8-10-15-24(20)36-4)26-21-13-7-9-14-23(21)30-27(26)29(33,3)28(32)35/h7-10,12-15,22,30H,5-6,11,16-19H2,1-4H3/t22-,29-/m0/s1. The van der Waals surface area contributed by atoms with Crippen LogP contribution in [-0.4, -0.2) is 77.9 Å². The Morgan fingerprint density at radius 1 is 1.08 bits per heavy atom. The van der Waals surface area contributed by atoms with Crippen molar-refractivity contribution in [2.75, 3.05) is 46.4 Å². The average molecular weight is 489 g/mol. The van der Waals surface area contributed by atoms with Crippen LogP contribution in [0.4, 0.5) is 0 Å². The lowest BCUT2D eigenvalue weighted by molar-refractivity contribution is -0.166. The molecule has 3 heterocycles. The molecule has 5 rings (SSSR count). The smallest absolute Gasteiger partial charge is 0.254 e. The minimum absolute atomic E-state index is 0.00655. The number of hydrogen-bond donors (Lipinski definition) is 1. The highest BCUT2D eigenvalue weighted by Gasteiger charge is 2.56. The van der Waals surface area contributed by atoms with E-state index in [4.69, 9.17) is 4.74 Å². The maximum Gasteiger partial charge on any atom is 0.254 e. The van der Waals surface area contributed by atoms with Gasteiger partial charge >= 0.3 is 0 Å². The number of rotatable bonds is 8. The van der Waals surface area contributed by atoms with Crippen molar-refractivity contribution in [1.82, 2.24) is 19.7 Å². The van der Waals surface area contributed by atoms with E-state index in [1.807, 2.05) is 43.3 Å². The van der Waals surface area contributed by atoms with E-state index in [1.165, 1.54) is 0 Å². The van der Waals surface area contributed by atoms with Crippen LogP contribution in [0, 0.1) is 0 Å². The minimum Gasteiger partial charge on any atom is -0.496 e. The number of amides is 2. The number of aromatic amines is 1. The summed E-state index contributed by atoms with van der Waals surface area (Å²) in [5.74, 6) is 0.666. The molecule has 2 amide bonds. The fourth-order valence-corrected chi connectivity index (χ4v) is 6.12. The van der Waals surface area contributed by atoms with Crippen molar-refractivity contribution in [1.29, 1.82) is 0 Å². The summed E-state index contributed by atoms with van der Waals surface area (Å²) in [6.45, 7) is 10.2. The highest BCUT2D eigenvalue weighted by atomic mass is 16.5. The highest BCUT2D eigenvalue weighted by molar-refractivity contribution is 6.01. The number of nitrogens with zero attached hydrogens (tertiary/aromatic N) is 3. The summed E-state index contributed by atoms with van der Waals surface area (Å²) in [6, 6.07) is 16.1. The summed E-state index contributed by atoms with van der Waals surface area (Å²) in [6.07, 6.45) is 0.847. The topological polar surface area (TPSA) is 68.9 Å². The van der Waals surface area contributed by atoms with Crippen molar-refractivity contribution in [2.24, 2.45) is 0 Å². The zero-order valence-corrected chi connectivity index (χ0v) is 21.7. The summed E-state index contributed by atoms with van der Waals surface area (Å²) in [4.78, 5) is 37.2. The van der Waals surface area contributed by atoms with Crippen LogP contribution in [0.1, 0.15) is 49.9 Å². The number of fused-ring (bicyclic) bond motifs is 5. The Balaban J connectivity index is 1.59. The summed E-state index contributed by atoms with van der Waals surface area (Å²) in [5.41, 5.74) is 2.83. The van der Waals surface area contributed by atoms with E-state index in [1.54, 1.807) is 16.9 Å². The molecule has 0 spiro atoms. The largest absolute Gasteiger partial charge is 0.496 e. The van der Waals surface area contributed by atoms with Crippen LogP contribution in [-0.2, 0) is 15.1 Å². The number of aromatic nitrogens is 1. The number of hydrogen-bond acceptors (Lipinski definition) is 4. The highest BCUT2D eigenvalue weighted by Crippen LogP contribution is 2.49. The molecule has 2 atom stereocenters. The predicted octanol–water partition coefficient (Wildman–Crippen LogP) is 3.94. The van der Waals surface area contributed by atoms with Crippen LogP contribution < -0.4 is 4.74 Å². The third-order valence-electron chi connectivity index (χ3n) is 8.13. The average Bonchev–Trinajstić information content (AvgIpc) is 3.30. The Hall–Kier alpha value is -3.32. The Labute approximate surface area is 213 Å². The van der Waals surface area contributed by atoms with E-state index in [9.17, 15) is 9.59 Å². The molecule has 7 heteroatoms. The number of para-hydroxylation sites is 2. The summed E-state index contributed by atoms with van der Waals surface area (Å²) >= 11 is 0. The zero-order chi connectivity index (χ0) is 25.4. The monoisotopic (exact) mass is 488 g/mol. The number of methoxy groups -OCH3 is 1. The van der Waals surface area contributed by atoms with Gasteiger partial charge in [-0.3, -0.25) is 9.59 Å². The lowest BCUT2D eigenvalue weighted by atomic mass is 9.76. The van der Waals surface area contributed by atoms with Gasteiger partial charge in [-0.25, -0.2) is 0 Å². The molecule has 1 fully saturated rings. The number of ether oxygens (including phenoxy) is 1. The van der Waals surface area contributed by atoms with Gasteiger partial charge in [0.25, 0.3) is 5.91 Å². The van der Waals surface area contributed by atoms with Gasteiger partial charge in [0.2, 0.25) is 5.91 Å². The molecular weight excluding hydrogens is 452 g/mol. The number of carbonyl (C=O) groups is 2. The predicted molar refractivity (Wildman–Crippen MR) is 141 cm³/mol. The number of nitrogens with one attached hydrogen (secondary N) is 1. The zero-order valence-electron chi connectivity index (χ0n) is 21.7. The SMILES string of the molecule is CCN(CC)CCCN1CC(=O)N2C[C@@H](c3ccccc3OC)c3c([nH]c4ccccc34)[C@@]2(C)C1=O. The second-order valence-electron chi connectivity index (χ2n) is 9.94. The molecular formula is C29H36N4O3. The summed E-state index contributed by atoms with van der Waals surface area (Å²) < 4.78 is 5.72. The third-order valence-corrected chi connectivity index (χ3v) is 8.13. The third kappa shape index (κ3) is 3.77. The van der Waals surface area contributed by atoms with Crippen LogP contribution >= 0.6 is 0 Å². The molecule has 2 aromatic carbocycles. The lowest BCUT2D eigenvalue weighted by Crippen LogP contribution is -2.67. The maximum absolute atomic E-state index is 14.1. The van der Waals surface area contributed by atoms with Gasteiger partial charge in [0, 0.05) is 35.5 Å². The van der Waals surface area contributed by atoms with Crippen LogP contribution in [0.25, 0.3) is 10.9 Å². The van der Waals surface area contributed by atoms with Crippen molar-refractivity contribution < 1.29 is 14.3 Å². The Bertz CT molecular complexity index is 1280. The molecule has 7 nitrogen and oxygen atoms in total. The molecule has 0 aliphatic carbocycles. The van der Waals surface area contributed by atoms with Crippen molar-refractivity contribution in [3.8, 4) is 5.75 Å². The molecule has 1 saturated heterocycles. The first kappa shape index (κ1) is 24.4. The van der Waals surface area contributed by atoms with Crippen molar-refractivity contribution >= 4 is 22.7 Å². The fraction of sp³-hybridized carbons (Fsp3) is 0.448. The van der Waals surface area contributed by atoms with Crippen molar-refractivity contribution in [3.05, 3.63) is 65.4 Å². The first-order valence-electron chi connectivity index (χ1n) is 13.0. The second-order valence-corrected chi connectivity index (χ2v) is 9.94. The van der Waals surface area contributed by atoms with Crippen LogP contribution in [0.5, 0.6) is 5.75 Å². The quantitative estimate of drug-likeness (QED) is 0.522. The van der Waals surface area contributed by atoms with Gasteiger partial charge in [0.15, 0.2) is 5.54 Å². The Kier molecular flexibility index (Phi) is 6.51. The van der Waals surface area contributed by atoms with Crippen LogP contribution in [0.15, 0.2) is 48.5 Å². The molecule has 0 radical (unpaired) electrons. The van der Waals surface area contributed by atoms with E-state index < -0.39 is 5.54 Å². The first-order chi connectivity index (χ1) is 17.4. The molecule has 190 valence electrons. The van der Waals surface area contributed by atoms with Crippen molar-refractivity contribution in [3.63, 3.8) is 0 Å². The molecule has 0 bridgehead atoms. The van der Waals surface area contributed by atoms with Gasteiger partial charge in [0.1, 0.15) is 5.75 Å². The molecule has 1 aromatic heterocycles. The summed E-state index contributed by atoms with van der Waals surface area (Å²) in [7, 11) is 1.67. The van der Waals surface area contributed by atoms with Gasteiger partial charge < -0.3 is 24.4 Å². The summed E-state index contributed by atoms with van der Waals surface area (Å²) in [5, 5.41) is 1.09. The lowest BCUT2D eigenvalue weighted by Gasteiger charge is -2.51. The maximum atomic E-state index is 14.1. The van der Waals surface area contributed by atoms with Crippen LogP contribution in [0.2, 0.25) is 0 Å². The number of piperazine rings is 1. The van der Waals surface area contributed by atoms with E-state index >= 15 is 0 Å². The van der Waals surface area contributed by atoms with Crippen LogP contribution in [0.3, 0.4) is 0 Å². The molecule has 2 aliphatic rings. The minimum atomic E-state index is -1.07. The number of benzene rings is 2. The van der Waals surface area contributed by atoms with E-state index in [-0.39, 0.29) is 24.3 Å². The van der Waals surface area contributed by atoms with Gasteiger partial charge in [-0.1, -0.05) is 50.2 Å².